The maximum absolute atomic E-state index is 13.0. The van der Waals surface area contributed by atoms with Gasteiger partial charge in [0, 0.05) is 16.8 Å². The van der Waals surface area contributed by atoms with Crippen molar-refractivity contribution < 1.29 is 9.58 Å². The van der Waals surface area contributed by atoms with Crippen LogP contribution in [0.4, 0.5) is 5.95 Å². The topological polar surface area (TPSA) is 70.0 Å². The molecule has 5 rings (SSSR count). The minimum atomic E-state index is 0.213. The van der Waals surface area contributed by atoms with Gasteiger partial charge in [0.15, 0.2) is 5.52 Å². The molecule has 2 aliphatic rings. The summed E-state index contributed by atoms with van der Waals surface area (Å²) >= 11 is 0. The Morgan fingerprint density at radius 2 is 1.74 bits per heavy atom. The van der Waals surface area contributed by atoms with E-state index < -0.39 is 0 Å². The number of aryl methyl sites for hydroxylation is 3. The van der Waals surface area contributed by atoms with Crippen LogP contribution in [0.15, 0.2) is 36.4 Å². The van der Waals surface area contributed by atoms with Gasteiger partial charge >= 0.3 is 5.95 Å². The highest BCUT2D eigenvalue weighted by Gasteiger charge is 2.35. The standard InChI is InChI=1S/C21H22N4O2/c1-14-5-7-15(8-6-14)18-9-10-23(13-18)21-22-25(27)20-12-17-4-2-3-16(17)11-19(20)24(21)26/h5-8,11-12,18H,2-4,9-10,13H2,1H3. The summed E-state index contributed by atoms with van der Waals surface area (Å²) < 4.78 is 0.847. The molecule has 1 aliphatic heterocycles. The van der Waals surface area contributed by atoms with E-state index in [0.29, 0.717) is 28.3 Å². The molecule has 0 spiro atoms. The van der Waals surface area contributed by atoms with Crippen LogP contribution in [0.2, 0.25) is 0 Å². The minimum Gasteiger partial charge on any atom is -0.739 e. The third-order valence-corrected chi connectivity index (χ3v) is 6.00. The van der Waals surface area contributed by atoms with Gasteiger partial charge in [-0.2, -0.15) is 0 Å². The van der Waals surface area contributed by atoms with Gasteiger partial charge in [-0.3, -0.25) is 4.90 Å². The van der Waals surface area contributed by atoms with Crippen LogP contribution in [0.5, 0.6) is 0 Å². The molecule has 27 heavy (non-hydrogen) atoms. The van der Waals surface area contributed by atoms with Crippen LogP contribution in [-0.4, -0.2) is 18.2 Å². The molecule has 1 unspecified atom stereocenters. The molecule has 6 heteroatoms. The average Bonchev–Trinajstić information content (AvgIpc) is 3.33. The van der Waals surface area contributed by atoms with Gasteiger partial charge in [-0.25, -0.2) is 4.73 Å². The molecule has 6 nitrogen and oxygen atoms in total. The van der Waals surface area contributed by atoms with E-state index in [1.807, 2.05) is 17.0 Å². The zero-order valence-electron chi connectivity index (χ0n) is 15.4. The first kappa shape index (κ1) is 16.3. The van der Waals surface area contributed by atoms with E-state index in [1.165, 1.54) is 22.3 Å². The van der Waals surface area contributed by atoms with E-state index in [0.717, 1.165) is 37.0 Å². The number of hydrogen-bond donors (Lipinski definition) is 0. The maximum Gasteiger partial charge on any atom is 0.463 e. The first-order chi connectivity index (χ1) is 13.1. The van der Waals surface area contributed by atoms with Crippen molar-refractivity contribution in [1.82, 2.24) is 5.10 Å². The molecule has 0 saturated carbocycles. The largest absolute Gasteiger partial charge is 0.739 e. The third kappa shape index (κ3) is 2.67. The molecule has 0 radical (unpaired) electrons. The fraction of sp³-hybridized carbons (Fsp3) is 0.381. The summed E-state index contributed by atoms with van der Waals surface area (Å²) in [4.78, 5) is 2.56. The second-order valence-electron chi connectivity index (χ2n) is 7.77. The average molecular weight is 362 g/mol. The van der Waals surface area contributed by atoms with Crippen molar-refractivity contribution in [1.29, 1.82) is 0 Å². The normalized spacial score (nSPS) is 19.0. The van der Waals surface area contributed by atoms with Crippen molar-refractivity contribution in [2.75, 3.05) is 18.0 Å². The summed E-state index contributed by atoms with van der Waals surface area (Å²) in [5, 5.41) is 29.6. The SMILES string of the molecule is Cc1ccc(C2CCN(c3n[n+]([O-])c4cc5c(cc4[n+]3[O-])CCC5)C2)cc1. The number of rotatable bonds is 2. The van der Waals surface area contributed by atoms with E-state index in [4.69, 9.17) is 0 Å². The lowest BCUT2D eigenvalue weighted by Gasteiger charge is -2.16. The number of anilines is 1. The molecule has 1 fully saturated rings. The monoisotopic (exact) mass is 362 g/mol. The van der Waals surface area contributed by atoms with Gasteiger partial charge < -0.3 is 10.4 Å². The molecule has 1 aliphatic carbocycles. The maximum atomic E-state index is 13.0. The molecule has 1 aromatic heterocycles. The van der Waals surface area contributed by atoms with Gasteiger partial charge in [-0.15, -0.1) is 0 Å². The van der Waals surface area contributed by atoms with Crippen molar-refractivity contribution in [3.63, 3.8) is 0 Å². The highest BCUT2D eigenvalue weighted by atomic mass is 16.5. The lowest BCUT2D eigenvalue weighted by Crippen LogP contribution is -2.47. The van der Waals surface area contributed by atoms with Crippen molar-refractivity contribution in [3.05, 3.63) is 69.1 Å². The van der Waals surface area contributed by atoms with E-state index in [1.54, 1.807) is 0 Å². The molecule has 2 heterocycles. The third-order valence-electron chi connectivity index (χ3n) is 6.00. The molecule has 0 bridgehead atoms. The van der Waals surface area contributed by atoms with Gasteiger partial charge in [-0.05, 0) is 55.4 Å². The van der Waals surface area contributed by atoms with E-state index in [-0.39, 0.29) is 5.95 Å². The molecule has 138 valence electrons. The second kappa shape index (κ2) is 6.08. The number of nitrogens with zero attached hydrogens (tertiary/aromatic N) is 4. The molecule has 0 N–H and O–H groups in total. The Hall–Kier alpha value is -2.89. The van der Waals surface area contributed by atoms with Crippen LogP contribution in [0.25, 0.3) is 11.0 Å². The van der Waals surface area contributed by atoms with Gasteiger partial charge in [-0.1, -0.05) is 29.8 Å². The van der Waals surface area contributed by atoms with Crippen LogP contribution in [0, 0.1) is 17.3 Å². The quantitative estimate of drug-likeness (QED) is 0.518. The van der Waals surface area contributed by atoms with Gasteiger partial charge in [0.05, 0.1) is 13.1 Å². The number of fused-ring (bicyclic) bond motifs is 2. The lowest BCUT2D eigenvalue weighted by atomic mass is 9.98. The Kier molecular flexibility index (Phi) is 3.67. The van der Waals surface area contributed by atoms with Gasteiger partial charge in [0.1, 0.15) is 0 Å². The molecule has 2 aromatic carbocycles. The van der Waals surface area contributed by atoms with E-state index in [2.05, 4.69) is 36.3 Å². The van der Waals surface area contributed by atoms with E-state index >= 15 is 0 Å². The highest BCUT2D eigenvalue weighted by Crippen LogP contribution is 2.30. The van der Waals surface area contributed by atoms with E-state index in [9.17, 15) is 10.4 Å². The zero-order valence-corrected chi connectivity index (χ0v) is 15.4. The van der Waals surface area contributed by atoms with Crippen LogP contribution in [-0.2, 0) is 12.8 Å². The van der Waals surface area contributed by atoms with Crippen molar-refractivity contribution in [2.45, 2.75) is 38.5 Å². The Morgan fingerprint density at radius 1 is 1.04 bits per heavy atom. The summed E-state index contributed by atoms with van der Waals surface area (Å²) in [5.41, 5.74) is 5.65. The van der Waals surface area contributed by atoms with Crippen LogP contribution < -0.4 is 14.5 Å². The highest BCUT2D eigenvalue weighted by molar-refractivity contribution is 5.71. The Balaban J connectivity index is 1.51. The zero-order chi connectivity index (χ0) is 18.5. The summed E-state index contributed by atoms with van der Waals surface area (Å²) in [6, 6.07) is 12.3. The van der Waals surface area contributed by atoms with Crippen LogP contribution in [0.3, 0.4) is 0 Å². The van der Waals surface area contributed by atoms with Gasteiger partial charge in [0.25, 0.3) is 5.52 Å². The number of hydrogen-bond acceptors (Lipinski definition) is 4. The predicted octanol–water partition coefficient (Wildman–Crippen LogP) is 2.29. The van der Waals surface area contributed by atoms with Gasteiger partial charge in [0.2, 0.25) is 5.10 Å². The first-order valence-corrected chi connectivity index (χ1v) is 9.60. The minimum absolute atomic E-state index is 0.213. The number of benzene rings is 2. The Bertz CT molecular complexity index is 1030. The number of aromatic nitrogens is 3. The first-order valence-electron chi connectivity index (χ1n) is 9.60. The van der Waals surface area contributed by atoms with Crippen molar-refractivity contribution >= 4 is 17.0 Å². The smallest absolute Gasteiger partial charge is 0.463 e. The molecule has 3 aromatic rings. The summed E-state index contributed by atoms with van der Waals surface area (Å²) in [6.07, 6.45) is 3.97. The second-order valence-corrected chi connectivity index (χ2v) is 7.77. The van der Waals surface area contributed by atoms with Crippen molar-refractivity contribution in [2.24, 2.45) is 0 Å². The fourth-order valence-electron chi connectivity index (χ4n) is 4.44. The lowest BCUT2D eigenvalue weighted by molar-refractivity contribution is -0.673. The summed E-state index contributed by atoms with van der Waals surface area (Å²) in [5.74, 6) is 0.563. The predicted molar refractivity (Wildman–Crippen MR) is 102 cm³/mol. The van der Waals surface area contributed by atoms with Crippen molar-refractivity contribution in [3.8, 4) is 0 Å². The van der Waals surface area contributed by atoms with Crippen LogP contribution >= 0.6 is 0 Å². The van der Waals surface area contributed by atoms with Crippen LogP contribution in [0.1, 0.15) is 41.0 Å². The molecule has 1 atom stereocenters. The summed E-state index contributed by atoms with van der Waals surface area (Å²) in [7, 11) is 0. The Morgan fingerprint density at radius 3 is 2.48 bits per heavy atom. The summed E-state index contributed by atoms with van der Waals surface area (Å²) in [6.45, 7) is 3.51. The molecular weight excluding hydrogens is 340 g/mol. The molecule has 1 saturated heterocycles. The Labute approximate surface area is 157 Å². The fourth-order valence-corrected chi connectivity index (χ4v) is 4.44. The molecular formula is C21H22N4O2. The molecule has 0 amide bonds.